The lowest BCUT2D eigenvalue weighted by molar-refractivity contribution is -0.757. The Kier molecular flexibility index (Phi) is 5.96. The third-order valence-electron chi connectivity index (χ3n) is 3.78. The largest absolute Gasteiger partial charge is 0.478 e. The van der Waals surface area contributed by atoms with Crippen LogP contribution in [0.5, 0.6) is 11.5 Å². The number of benzene rings is 1. The van der Waals surface area contributed by atoms with Crippen molar-refractivity contribution in [3.63, 3.8) is 0 Å². The van der Waals surface area contributed by atoms with Gasteiger partial charge in [0.05, 0.1) is 6.61 Å². The molecular weight excluding hydrogens is 357 g/mol. The molecule has 0 aliphatic carbocycles. The summed E-state index contributed by atoms with van der Waals surface area (Å²) in [6.07, 6.45) is -5.28. The molecule has 0 saturated carbocycles. The minimum atomic E-state index is -5.07. The molecule has 0 fully saturated rings. The van der Waals surface area contributed by atoms with Crippen LogP contribution in [-0.2, 0) is 20.9 Å². The van der Waals surface area contributed by atoms with Gasteiger partial charge in [0.15, 0.2) is 11.5 Å². The van der Waals surface area contributed by atoms with E-state index in [1.54, 1.807) is 17.4 Å². The molecule has 3 N–H and O–H groups in total. The first kappa shape index (κ1) is 19.8. The maximum Gasteiger partial charge on any atom is 0.478 e. The highest BCUT2D eigenvalue weighted by Crippen LogP contribution is 2.32. The molecule has 0 bridgehead atoms. The molecule has 1 aliphatic rings. The normalized spacial score (nSPS) is 15.3. The number of esters is 1. The average Bonchev–Trinajstić information content (AvgIpc) is 3.05. The molecule has 1 aromatic carbocycles. The van der Waals surface area contributed by atoms with Gasteiger partial charge in [-0.05, 0) is 25.1 Å². The minimum absolute atomic E-state index is 0.0321. The highest BCUT2D eigenvalue weighted by atomic mass is 19.4. The van der Waals surface area contributed by atoms with Crippen molar-refractivity contribution in [1.29, 1.82) is 0 Å². The van der Waals surface area contributed by atoms with E-state index in [9.17, 15) is 22.8 Å². The predicted octanol–water partition coefficient (Wildman–Crippen LogP) is 0.827. The van der Waals surface area contributed by atoms with Gasteiger partial charge >= 0.3 is 17.8 Å². The second-order valence-corrected chi connectivity index (χ2v) is 5.52. The van der Waals surface area contributed by atoms with Gasteiger partial charge < -0.3 is 19.5 Å². The molecule has 0 radical (unpaired) electrons. The molecule has 0 saturated heterocycles. The number of nitrogens with two attached hydrogens (primary N) is 1. The molecule has 1 atom stereocenters. The zero-order chi connectivity index (χ0) is 19.4. The Morgan fingerprint density at radius 3 is 2.54 bits per heavy atom. The maximum atomic E-state index is 13.8. The number of alkyl halides is 3. The van der Waals surface area contributed by atoms with Crippen molar-refractivity contribution < 1.29 is 42.3 Å². The van der Waals surface area contributed by atoms with E-state index in [1.807, 2.05) is 0 Å². The average molecular weight is 377 g/mol. The Labute approximate surface area is 147 Å². The molecule has 7 nitrogen and oxygen atoms in total. The van der Waals surface area contributed by atoms with E-state index in [0.717, 1.165) is 0 Å². The predicted molar refractivity (Wildman–Crippen MR) is 82.0 cm³/mol. The molecule has 1 aliphatic heterocycles. The smallest absolute Gasteiger partial charge is 0.460 e. The zero-order valence-corrected chi connectivity index (χ0v) is 14.3. The van der Waals surface area contributed by atoms with Crippen molar-refractivity contribution >= 4 is 11.9 Å². The van der Waals surface area contributed by atoms with Crippen molar-refractivity contribution in [2.45, 2.75) is 38.7 Å². The van der Waals surface area contributed by atoms with E-state index in [-0.39, 0.29) is 26.4 Å². The van der Waals surface area contributed by atoms with E-state index in [1.165, 1.54) is 19.9 Å². The number of hydrogen-bond donors (Lipinski definition) is 2. The Bertz CT molecular complexity index is 680. The summed E-state index contributed by atoms with van der Waals surface area (Å²) in [4.78, 5) is 23.8. The molecular formula is C16H20F3N2O5+. The number of carbonyl (C=O) groups is 2. The molecule has 0 unspecified atom stereocenters. The summed E-state index contributed by atoms with van der Waals surface area (Å²) in [6, 6.07) is 4.64. The van der Waals surface area contributed by atoms with Gasteiger partial charge in [-0.3, -0.25) is 10.1 Å². The van der Waals surface area contributed by atoms with Gasteiger partial charge in [-0.15, -0.1) is 0 Å². The first-order chi connectivity index (χ1) is 12.2. The number of nitrogens with one attached hydrogen (secondary N) is 1. The van der Waals surface area contributed by atoms with E-state index >= 15 is 0 Å². The zero-order valence-electron chi connectivity index (χ0n) is 14.3. The number of hydrogen-bond acceptors (Lipinski definition) is 5. The topological polar surface area (TPSA) is 90.5 Å². The van der Waals surface area contributed by atoms with Crippen molar-refractivity contribution in [1.82, 2.24) is 5.32 Å². The number of halogens is 3. The van der Waals surface area contributed by atoms with Crippen molar-refractivity contribution in [3.8, 4) is 11.5 Å². The number of carbonyl (C=O) groups excluding carboxylic acids is 2. The molecule has 144 valence electrons. The van der Waals surface area contributed by atoms with Crippen LogP contribution in [0.2, 0.25) is 0 Å². The fraction of sp³-hybridized carbons (Fsp3) is 0.500. The van der Waals surface area contributed by atoms with Gasteiger partial charge in [0.1, 0.15) is 6.54 Å². The van der Waals surface area contributed by atoms with Crippen LogP contribution in [-0.4, -0.2) is 37.1 Å². The Morgan fingerprint density at radius 2 is 1.92 bits per heavy atom. The van der Waals surface area contributed by atoms with Crippen molar-refractivity contribution in [2.75, 3.05) is 13.4 Å². The first-order valence-electron chi connectivity index (χ1n) is 8.01. The lowest BCUT2D eigenvalue weighted by atomic mass is 10.1. The Morgan fingerprint density at radius 1 is 1.23 bits per heavy atom. The van der Waals surface area contributed by atoms with Crippen LogP contribution < -0.4 is 20.1 Å². The number of ether oxygens (including phenoxy) is 3. The van der Waals surface area contributed by atoms with Crippen LogP contribution in [0.3, 0.4) is 0 Å². The van der Waals surface area contributed by atoms with Gasteiger partial charge in [-0.25, -0.2) is 4.79 Å². The summed E-state index contributed by atoms with van der Waals surface area (Å²) in [5, 5.41) is 2.48. The summed E-state index contributed by atoms with van der Waals surface area (Å²) < 4.78 is 56.3. The Hall–Kier alpha value is -2.49. The highest BCUT2D eigenvalue weighted by Gasteiger charge is 2.67. The van der Waals surface area contributed by atoms with Gasteiger partial charge in [-0.2, -0.15) is 13.2 Å². The van der Waals surface area contributed by atoms with Gasteiger partial charge in [-0.1, -0.05) is 6.92 Å². The summed E-state index contributed by atoms with van der Waals surface area (Å²) in [7, 11) is 0. The van der Waals surface area contributed by atoms with E-state index in [2.05, 4.69) is 4.74 Å². The summed E-state index contributed by atoms with van der Waals surface area (Å²) >= 11 is 0. The van der Waals surface area contributed by atoms with Crippen molar-refractivity contribution in [3.05, 3.63) is 23.8 Å². The van der Waals surface area contributed by atoms with E-state index in [4.69, 9.17) is 9.47 Å². The van der Waals surface area contributed by atoms with E-state index in [0.29, 0.717) is 22.4 Å². The summed E-state index contributed by atoms with van der Waals surface area (Å²) in [6.45, 7) is 2.30. The molecule has 2 rings (SSSR count). The lowest BCUT2D eigenvalue weighted by Gasteiger charge is -2.31. The third kappa shape index (κ3) is 4.01. The van der Waals surface area contributed by atoms with Crippen LogP contribution in [0.4, 0.5) is 13.2 Å². The van der Waals surface area contributed by atoms with Crippen LogP contribution in [0.1, 0.15) is 25.8 Å². The van der Waals surface area contributed by atoms with Crippen LogP contribution in [0, 0.1) is 0 Å². The van der Waals surface area contributed by atoms with Gasteiger partial charge in [0, 0.05) is 12.0 Å². The number of fused-ring (bicyclic) bond motifs is 1. The maximum absolute atomic E-state index is 13.8. The third-order valence-corrected chi connectivity index (χ3v) is 3.78. The molecule has 1 aromatic rings. The van der Waals surface area contributed by atoms with Crippen LogP contribution in [0.15, 0.2) is 18.2 Å². The number of quaternary nitrogens is 1. The standard InChI is InChI=1S/C16H19F3N2O5/c1-3-13(22)21-15(16(17,18)19,14(23)24-4-2)20-8-10-5-6-11-12(7-10)26-9-25-11/h5-7,20H,3-4,8-9H2,1-2H3,(H,21,22)/p+1/t15-/m0/s1. The van der Waals surface area contributed by atoms with Gasteiger partial charge in [0.2, 0.25) is 12.7 Å². The monoisotopic (exact) mass is 377 g/mol. The van der Waals surface area contributed by atoms with Crippen molar-refractivity contribution in [2.24, 2.45) is 0 Å². The van der Waals surface area contributed by atoms with Crippen LogP contribution in [0.25, 0.3) is 0 Å². The minimum Gasteiger partial charge on any atom is -0.460 e. The molecule has 0 aromatic heterocycles. The summed E-state index contributed by atoms with van der Waals surface area (Å²) in [5.74, 6) is -1.60. The Balaban J connectivity index is 2.29. The second-order valence-electron chi connectivity index (χ2n) is 5.52. The molecule has 0 spiro atoms. The lowest BCUT2D eigenvalue weighted by Crippen LogP contribution is -3.06. The van der Waals surface area contributed by atoms with Crippen LogP contribution >= 0.6 is 0 Å². The molecule has 1 amide bonds. The first-order valence-corrected chi connectivity index (χ1v) is 8.01. The number of rotatable bonds is 7. The second kappa shape index (κ2) is 7.81. The number of amides is 1. The summed E-state index contributed by atoms with van der Waals surface area (Å²) in [5.41, 5.74) is -2.77. The quantitative estimate of drug-likeness (QED) is 0.543. The molecule has 1 heterocycles. The molecule has 26 heavy (non-hydrogen) atoms. The highest BCUT2D eigenvalue weighted by molar-refractivity contribution is 5.87. The van der Waals surface area contributed by atoms with E-state index < -0.39 is 23.7 Å². The fourth-order valence-electron chi connectivity index (χ4n) is 2.38. The SMILES string of the molecule is CCOC(=O)[C@@](NC(=O)CC)([NH2+]Cc1ccc2c(c1)OCO2)C(F)(F)F. The fourth-order valence-corrected chi connectivity index (χ4v) is 2.38. The van der Waals surface area contributed by atoms with Gasteiger partial charge in [0.25, 0.3) is 0 Å². The molecule has 10 heteroatoms.